The van der Waals surface area contributed by atoms with Crippen LogP contribution in [0, 0.1) is 0 Å². The lowest BCUT2D eigenvalue weighted by Gasteiger charge is -2.21. The lowest BCUT2D eigenvalue weighted by Crippen LogP contribution is -2.46. The van der Waals surface area contributed by atoms with Crippen molar-refractivity contribution in [1.82, 2.24) is 5.32 Å². The van der Waals surface area contributed by atoms with Crippen LogP contribution in [0.15, 0.2) is 18.2 Å². The molecule has 0 saturated carbocycles. The van der Waals surface area contributed by atoms with E-state index in [1.54, 1.807) is 0 Å². The zero-order chi connectivity index (χ0) is 14.5. The molecule has 1 atom stereocenters. The van der Waals surface area contributed by atoms with E-state index < -0.39 is 18.0 Å². The number of nitrogens with one attached hydrogen (secondary N) is 2. The van der Waals surface area contributed by atoms with Crippen LogP contribution in [0.25, 0.3) is 0 Å². The lowest BCUT2D eigenvalue weighted by molar-refractivity contribution is -0.146. The van der Waals surface area contributed by atoms with Crippen LogP contribution in [-0.2, 0) is 14.3 Å². The van der Waals surface area contributed by atoms with Gasteiger partial charge in [0.05, 0.1) is 24.8 Å². The van der Waals surface area contributed by atoms with E-state index >= 15 is 0 Å². The van der Waals surface area contributed by atoms with Crippen LogP contribution in [0.2, 0.25) is 5.02 Å². The number of aromatic hydroxyl groups is 1. The van der Waals surface area contributed by atoms with Crippen molar-refractivity contribution in [2.45, 2.75) is 6.10 Å². The number of urea groups is 1. The predicted octanol–water partition coefficient (Wildman–Crippen LogP) is 1.11. The quantitative estimate of drug-likeness (QED) is 0.711. The van der Waals surface area contributed by atoms with E-state index in [0.717, 1.165) is 0 Å². The Morgan fingerprint density at radius 3 is 2.80 bits per heavy atom. The summed E-state index contributed by atoms with van der Waals surface area (Å²) in [6, 6.07) is 3.43. The molecule has 1 aliphatic rings. The van der Waals surface area contributed by atoms with Gasteiger partial charge in [0.25, 0.3) is 5.91 Å². The van der Waals surface area contributed by atoms with Gasteiger partial charge in [0.15, 0.2) is 6.10 Å². The van der Waals surface area contributed by atoms with Gasteiger partial charge in [0.2, 0.25) is 0 Å². The Hall–Kier alpha value is -1.83. The van der Waals surface area contributed by atoms with Crippen molar-refractivity contribution in [3.8, 4) is 5.75 Å². The van der Waals surface area contributed by atoms with Gasteiger partial charge in [-0.3, -0.25) is 10.1 Å². The Labute approximate surface area is 119 Å². The largest absolute Gasteiger partial charge is 0.506 e. The fourth-order valence-corrected chi connectivity index (χ4v) is 1.76. The van der Waals surface area contributed by atoms with Gasteiger partial charge in [-0.05, 0) is 18.2 Å². The smallest absolute Gasteiger partial charge is 0.325 e. The van der Waals surface area contributed by atoms with Crippen LogP contribution < -0.4 is 10.6 Å². The summed E-state index contributed by atoms with van der Waals surface area (Å²) >= 11 is 5.70. The predicted molar refractivity (Wildman–Crippen MR) is 70.8 cm³/mol. The molecule has 7 nitrogen and oxygen atoms in total. The first kappa shape index (κ1) is 14.6. The number of phenolic OH excluding ortho intramolecular Hbond substituents is 1. The summed E-state index contributed by atoms with van der Waals surface area (Å²) in [5, 5.41) is 13.9. The molecule has 0 bridgehead atoms. The van der Waals surface area contributed by atoms with E-state index in [4.69, 9.17) is 21.1 Å². The van der Waals surface area contributed by atoms with Crippen molar-refractivity contribution in [2.24, 2.45) is 0 Å². The summed E-state index contributed by atoms with van der Waals surface area (Å²) in [5.41, 5.74) is 0.346. The third-order valence-corrected chi connectivity index (χ3v) is 2.85. The molecule has 1 aromatic rings. The van der Waals surface area contributed by atoms with E-state index in [9.17, 15) is 14.7 Å². The van der Waals surface area contributed by atoms with Gasteiger partial charge in [-0.2, -0.15) is 0 Å². The third-order valence-electron chi connectivity index (χ3n) is 2.55. The molecular weight excluding hydrogens is 288 g/mol. The standard InChI is InChI=1S/C12H13ClN2O5/c13-8-5-7(1-2-9(8)16)14-12(18)15-11(17)10-6-19-3-4-20-10/h1-2,5,10,16H,3-4,6H2,(H2,14,15,17,18). The molecule has 0 radical (unpaired) electrons. The summed E-state index contributed by atoms with van der Waals surface area (Å²) in [5.74, 6) is -0.673. The van der Waals surface area contributed by atoms with E-state index in [1.807, 2.05) is 0 Å². The summed E-state index contributed by atoms with van der Waals surface area (Å²) in [4.78, 5) is 23.3. The van der Waals surface area contributed by atoms with Crippen LogP contribution >= 0.6 is 11.6 Å². The SMILES string of the molecule is O=C(NC(=O)C1COCCO1)Nc1ccc(O)c(Cl)c1. The molecule has 0 aliphatic carbocycles. The Balaban J connectivity index is 1.88. The van der Waals surface area contributed by atoms with Crippen molar-refractivity contribution >= 4 is 29.2 Å². The highest BCUT2D eigenvalue weighted by atomic mass is 35.5. The number of carbonyl (C=O) groups excluding carboxylic acids is 2. The van der Waals surface area contributed by atoms with E-state index in [1.165, 1.54) is 18.2 Å². The number of anilines is 1. The molecule has 108 valence electrons. The van der Waals surface area contributed by atoms with E-state index in [0.29, 0.717) is 18.9 Å². The van der Waals surface area contributed by atoms with Crippen LogP contribution in [0.3, 0.4) is 0 Å². The lowest BCUT2D eigenvalue weighted by atomic mass is 10.3. The Morgan fingerprint density at radius 1 is 1.35 bits per heavy atom. The van der Waals surface area contributed by atoms with E-state index in [2.05, 4.69) is 10.6 Å². The molecule has 20 heavy (non-hydrogen) atoms. The van der Waals surface area contributed by atoms with Gasteiger partial charge in [-0.1, -0.05) is 11.6 Å². The highest BCUT2D eigenvalue weighted by Crippen LogP contribution is 2.25. The highest BCUT2D eigenvalue weighted by molar-refractivity contribution is 6.32. The van der Waals surface area contributed by atoms with Crippen LogP contribution in [0.1, 0.15) is 0 Å². The minimum atomic E-state index is -0.794. The molecule has 3 amide bonds. The van der Waals surface area contributed by atoms with Crippen molar-refractivity contribution in [3.63, 3.8) is 0 Å². The third kappa shape index (κ3) is 3.83. The molecule has 2 rings (SSSR count). The molecule has 1 saturated heterocycles. The Kier molecular flexibility index (Phi) is 4.78. The molecule has 8 heteroatoms. The number of halogens is 1. The second kappa shape index (κ2) is 6.56. The number of amides is 3. The summed E-state index contributed by atoms with van der Waals surface area (Å²) in [6.07, 6.45) is -0.794. The molecule has 1 unspecified atom stereocenters. The maximum Gasteiger partial charge on any atom is 0.325 e. The number of benzene rings is 1. The first-order valence-corrected chi connectivity index (χ1v) is 6.24. The number of ether oxygens (including phenoxy) is 2. The maximum absolute atomic E-state index is 11.7. The minimum Gasteiger partial charge on any atom is -0.506 e. The molecule has 3 N–H and O–H groups in total. The molecule has 0 spiro atoms. The molecule has 1 fully saturated rings. The van der Waals surface area contributed by atoms with Crippen molar-refractivity contribution in [2.75, 3.05) is 25.1 Å². The minimum absolute atomic E-state index is 0.0955. The zero-order valence-electron chi connectivity index (χ0n) is 10.4. The average molecular weight is 301 g/mol. The van der Waals surface area contributed by atoms with Gasteiger partial charge in [0.1, 0.15) is 5.75 Å². The highest BCUT2D eigenvalue weighted by Gasteiger charge is 2.24. The molecule has 1 aromatic carbocycles. The number of carbonyl (C=O) groups is 2. The Bertz CT molecular complexity index is 517. The maximum atomic E-state index is 11.7. The van der Waals surface area contributed by atoms with Gasteiger partial charge < -0.3 is 19.9 Å². The van der Waals surface area contributed by atoms with Crippen molar-refractivity contribution in [1.29, 1.82) is 0 Å². The van der Waals surface area contributed by atoms with E-state index in [-0.39, 0.29) is 17.4 Å². The summed E-state index contributed by atoms with van der Waals surface area (Å²) in [7, 11) is 0. The summed E-state index contributed by atoms with van der Waals surface area (Å²) in [6.45, 7) is 0.861. The normalized spacial score (nSPS) is 18.4. The average Bonchev–Trinajstić information content (AvgIpc) is 2.44. The fraction of sp³-hybridized carbons (Fsp3) is 0.333. The number of imide groups is 1. The number of hydrogen-bond acceptors (Lipinski definition) is 5. The topological polar surface area (TPSA) is 96.9 Å². The molecule has 0 aromatic heterocycles. The van der Waals surface area contributed by atoms with Gasteiger partial charge in [-0.25, -0.2) is 4.79 Å². The number of rotatable bonds is 2. The first-order valence-electron chi connectivity index (χ1n) is 5.86. The summed E-state index contributed by atoms with van der Waals surface area (Å²) < 4.78 is 10.2. The monoisotopic (exact) mass is 300 g/mol. The van der Waals surface area contributed by atoms with Gasteiger partial charge in [0, 0.05) is 5.69 Å². The fourth-order valence-electron chi connectivity index (χ4n) is 1.58. The number of phenols is 1. The first-order chi connectivity index (χ1) is 9.56. The van der Waals surface area contributed by atoms with Crippen molar-refractivity contribution < 1.29 is 24.2 Å². The van der Waals surface area contributed by atoms with Gasteiger partial charge >= 0.3 is 6.03 Å². The Morgan fingerprint density at radius 2 is 2.15 bits per heavy atom. The second-order valence-corrected chi connectivity index (χ2v) is 4.45. The molecular formula is C12H13ClN2O5. The van der Waals surface area contributed by atoms with Crippen LogP contribution in [0.5, 0.6) is 5.75 Å². The molecule has 1 heterocycles. The molecule has 1 aliphatic heterocycles. The van der Waals surface area contributed by atoms with Crippen molar-refractivity contribution in [3.05, 3.63) is 23.2 Å². The zero-order valence-corrected chi connectivity index (χ0v) is 11.1. The van der Waals surface area contributed by atoms with Crippen LogP contribution in [0.4, 0.5) is 10.5 Å². The second-order valence-electron chi connectivity index (χ2n) is 4.04. The number of hydrogen-bond donors (Lipinski definition) is 3. The van der Waals surface area contributed by atoms with Crippen LogP contribution in [-0.4, -0.2) is 43.0 Å². The van der Waals surface area contributed by atoms with Gasteiger partial charge in [-0.15, -0.1) is 0 Å².